The molecule has 1 N–H and O–H groups in total. The van der Waals surface area contributed by atoms with Gasteiger partial charge in [-0.1, -0.05) is 29.5 Å². The summed E-state index contributed by atoms with van der Waals surface area (Å²) in [6.07, 6.45) is 1.92. The molecular weight excluding hydrogens is 374 g/mol. The quantitative estimate of drug-likeness (QED) is 0.565. The van der Waals surface area contributed by atoms with E-state index in [-0.39, 0.29) is 18.0 Å². The second kappa shape index (κ2) is 7.40. The number of aromatic nitrogens is 4. The normalized spacial score (nSPS) is 11.1. The number of benzene rings is 1. The second-order valence-electron chi connectivity index (χ2n) is 6.43. The average Bonchev–Trinajstić information content (AvgIpc) is 3.19. The fourth-order valence-electron chi connectivity index (χ4n) is 3.16. The Kier molecular flexibility index (Phi) is 4.79. The highest BCUT2D eigenvalue weighted by Gasteiger charge is 2.14. The maximum absolute atomic E-state index is 12.4. The highest BCUT2D eigenvalue weighted by molar-refractivity contribution is 7.19. The van der Waals surface area contributed by atoms with Gasteiger partial charge >= 0.3 is 5.69 Å². The number of nitrogens with zero attached hydrogens (tertiary/aromatic N) is 4. The van der Waals surface area contributed by atoms with Crippen molar-refractivity contribution in [3.63, 3.8) is 0 Å². The highest BCUT2D eigenvalue weighted by Crippen LogP contribution is 2.31. The molecule has 0 aliphatic heterocycles. The summed E-state index contributed by atoms with van der Waals surface area (Å²) in [4.78, 5) is 34.6. The topological polar surface area (TPSA) is 81.8 Å². The second-order valence-corrected chi connectivity index (χ2v) is 7.43. The summed E-state index contributed by atoms with van der Waals surface area (Å²) in [5.41, 5.74) is 3.20. The summed E-state index contributed by atoms with van der Waals surface area (Å²) < 4.78 is 3.22. The first-order valence-corrected chi connectivity index (χ1v) is 9.69. The number of nitrogens with one attached hydrogen (secondary N) is 1. The Morgan fingerprint density at radius 1 is 1.14 bits per heavy atom. The molecule has 4 rings (SSSR count). The Labute approximate surface area is 165 Å². The van der Waals surface area contributed by atoms with E-state index in [1.165, 1.54) is 11.3 Å². The van der Waals surface area contributed by atoms with Crippen molar-refractivity contribution in [2.45, 2.75) is 19.9 Å². The number of aryl methyl sites for hydroxylation is 3. The molecule has 142 valence electrons. The number of rotatable bonds is 5. The lowest BCUT2D eigenvalue weighted by atomic mass is 10.3. The van der Waals surface area contributed by atoms with E-state index in [0.717, 1.165) is 27.3 Å². The van der Waals surface area contributed by atoms with Gasteiger partial charge in [0.25, 0.3) is 0 Å². The van der Waals surface area contributed by atoms with Gasteiger partial charge in [0, 0.05) is 26.2 Å². The molecule has 1 amide bonds. The van der Waals surface area contributed by atoms with Crippen LogP contribution < -0.4 is 11.0 Å². The molecule has 0 radical (unpaired) electrons. The molecule has 0 unspecified atom stereocenters. The fourth-order valence-corrected chi connectivity index (χ4v) is 4.12. The van der Waals surface area contributed by atoms with Gasteiger partial charge in [-0.3, -0.25) is 18.9 Å². The summed E-state index contributed by atoms with van der Waals surface area (Å²) in [6, 6.07) is 13.2. The van der Waals surface area contributed by atoms with Crippen molar-refractivity contribution >= 4 is 33.4 Å². The summed E-state index contributed by atoms with van der Waals surface area (Å²) >= 11 is 1.39. The highest BCUT2D eigenvalue weighted by atomic mass is 32.1. The van der Waals surface area contributed by atoms with Crippen molar-refractivity contribution in [2.24, 2.45) is 7.05 Å². The maximum Gasteiger partial charge on any atom is 0.328 e. The van der Waals surface area contributed by atoms with Gasteiger partial charge < -0.3 is 5.32 Å². The molecule has 7 nitrogen and oxygen atoms in total. The van der Waals surface area contributed by atoms with E-state index < -0.39 is 0 Å². The summed E-state index contributed by atoms with van der Waals surface area (Å²) in [6.45, 7) is 2.20. The third kappa shape index (κ3) is 3.34. The number of carbonyl (C=O) groups is 1. The van der Waals surface area contributed by atoms with Crippen LogP contribution >= 0.6 is 11.3 Å². The Balaban J connectivity index is 1.48. The predicted molar refractivity (Wildman–Crippen MR) is 111 cm³/mol. The Hall–Kier alpha value is -3.26. The minimum absolute atomic E-state index is 0.128. The van der Waals surface area contributed by atoms with E-state index in [9.17, 15) is 9.59 Å². The first-order valence-electron chi connectivity index (χ1n) is 8.87. The van der Waals surface area contributed by atoms with E-state index in [1.54, 1.807) is 22.4 Å². The van der Waals surface area contributed by atoms with E-state index in [2.05, 4.69) is 15.3 Å². The number of fused-ring (bicyclic) bond motifs is 1. The minimum atomic E-state index is -0.179. The van der Waals surface area contributed by atoms with Crippen molar-refractivity contribution < 1.29 is 4.79 Å². The number of thiazole rings is 1. The largest absolute Gasteiger partial charge is 0.328 e. The van der Waals surface area contributed by atoms with Gasteiger partial charge in [-0.15, -0.1) is 0 Å². The number of para-hydroxylation sites is 2. The number of amides is 1. The predicted octanol–water partition coefficient (Wildman–Crippen LogP) is 3.20. The van der Waals surface area contributed by atoms with Crippen LogP contribution in [0.3, 0.4) is 0 Å². The molecule has 0 spiro atoms. The molecule has 3 aromatic heterocycles. The lowest BCUT2D eigenvalue weighted by molar-refractivity contribution is -0.116. The molecule has 0 bridgehead atoms. The molecule has 28 heavy (non-hydrogen) atoms. The number of carbonyl (C=O) groups excluding carboxylic acids is 1. The number of imidazole rings is 1. The Morgan fingerprint density at radius 3 is 2.64 bits per heavy atom. The van der Waals surface area contributed by atoms with Crippen LogP contribution in [0.2, 0.25) is 0 Å². The first kappa shape index (κ1) is 18.1. The maximum atomic E-state index is 12.4. The van der Waals surface area contributed by atoms with Crippen LogP contribution in [0.15, 0.2) is 53.5 Å². The number of pyridine rings is 1. The molecule has 3 heterocycles. The lowest BCUT2D eigenvalue weighted by Crippen LogP contribution is -2.24. The van der Waals surface area contributed by atoms with Gasteiger partial charge in [0.1, 0.15) is 0 Å². The first-order chi connectivity index (χ1) is 13.5. The average molecular weight is 393 g/mol. The fraction of sp³-hybridized carbons (Fsp3) is 0.200. The molecule has 0 saturated carbocycles. The zero-order valence-corrected chi connectivity index (χ0v) is 16.4. The van der Waals surface area contributed by atoms with Crippen LogP contribution in [-0.2, 0) is 18.4 Å². The summed E-state index contributed by atoms with van der Waals surface area (Å²) in [7, 11) is 1.73. The molecule has 0 saturated heterocycles. The van der Waals surface area contributed by atoms with Crippen LogP contribution in [0, 0.1) is 6.92 Å². The molecule has 1 aromatic carbocycles. The van der Waals surface area contributed by atoms with Gasteiger partial charge in [0.15, 0.2) is 5.13 Å². The Bertz CT molecular complexity index is 1210. The van der Waals surface area contributed by atoms with E-state index >= 15 is 0 Å². The summed E-state index contributed by atoms with van der Waals surface area (Å²) in [5, 5.41) is 3.37. The smallest absolute Gasteiger partial charge is 0.302 e. The van der Waals surface area contributed by atoms with Gasteiger partial charge in [0.2, 0.25) is 5.91 Å². The van der Waals surface area contributed by atoms with E-state index in [0.29, 0.717) is 11.7 Å². The molecular formula is C20H19N5O2S. The van der Waals surface area contributed by atoms with E-state index in [4.69, 9.17) is 0 Å². The van der Waals surface area contributed by atoms with Crippen LogP contribution in [0.25, 0.3) is 21.6 Å². The molecule has 4 aromatic rings. The lowest BCUT2D eigenvalue weighted by Gasteiger charge is -2.03. The SMILES string of the molecule is Cc1nc(NC(=O)CCn2c(=O)n(C)c3ccccc32)sc1-c1ccccn1. The summed E-state index contributed by atoms with van der Waals surface area (Å²) in [5.74, 6) is -0.179. The van der Waals surface area contributed by atoms with Crippen molar-refractivity contribution in [3.8, 4) is 10.6 Å². The molecule has 0 aliphatic carbocycles. The van der Waals surface area contributed by atoms with Crippen LogP contribution in [0.1, 0.15) is 12.1 Å². The van der Waals surface area contributed by atoms with Crippen molar-refractivity contribution in [1.82, 2.24) is 19.1 Å². The monoisotopic (exact) mass is 393 g/mol. The van der Waals surface area contributed by atoms with Crippen molar-refractivity contribution in [2.75, 3.05) is 5.32 Å². The number of hydrogen-bond donors (Lipinski definition) is 1. The third-order valence-electron chi connectivity index (χ3n) is 4.55. The van der Waals surface area contributed by atoms with E-state index in [1.807, 2.05) is 49.4 Å². The van der Waals surface area contributed by atoms with Gasteiger partial charge in [0.05, 0.1) is 27.3 Å². The van der Waals surface area contributed by atoms with Crippen LogP contribution in [-0.4, -0.2) is 25.0 Å². The molecule has 0 atom stereocenters. The zero-order valence-electron chi connectivity index (χ0n) is 15.5. The van der Waals surface area contributed by atoms with Gasteiger partial charge in [-0.05, 0) is 31.2 Å². The standard InChI is InChI=1S/C20H19N5O2S/c1-13-18(14-7-5-6-11-21-14)28-19(22-13)23-17(26)10-12-25-16-9-4-3-8-15(16)24(2)20(25)27/h3-9,11H,10,12H2,1-2H3,(H,22,23,26). The zero-order chi connectivity index (χ0) is 19.7. The van der Waals surface area contributed by atoms with Crippen molar-refractivity contribution in [1.29, 1.82) is 0 Å². The molecule has 0 fully saturated rings. The van der Waals surface area contributed by atoms with Crippen LogP contribution in [0.4, 0.5) is 5.13 Å². The Morgan fingerprint density at radius 2 is 1.89 bits per heavy atom. The van der Waals surface area contributed by atoms with Crippen LogP contribution in [0.5, 0.6) is 0 Å². The van der Waals surface area contributed by atoms with Gasteiger partial charge in [-0.2, -0.15) is 0 Å². The van der Waals surface area contributed by atoms with Crippen molar-refractivity contribution in [3.05, 3.63) is 64.8 Å². The molecule has 0 aliphatic rings. The third-order valence-corrected chi connectivity index (χ3v) is 5.65. The minimum Gasteiger partial charge on any atom is -0.302 e. The number of hydrogen-bond acceptors (Lipinski definition) is 5. The molecule has 8 heteroatoms. The number of anilines is 1. The van der Waals surface area contributed by atoms with Gasteiger partial charge in [-0.25, -0.2) is 9.78 Å².